The van der Waals surface area contributed by atoms with Crippen molar-refractivity contribution in [1.29, 1.82) is 0 Å². The summed E-state index contributed by atoms with van der Waals surface area (Å²) in [5, 5.41) is 8.38. The Balaban J connectivity index is 2.70. The van der Waals surface area contributed by atoms with E-state index in [0.717, 1.165) is 31.5 Å². The molecule has 0 aliphatic carbocycles. The Kier molecular flexibility index (Phi) is 4.75. The summed E-state index contributed by atoms with van der Waals surface area (Å²) in [5.74, 6) is 0.705. The second-order valence-corrected chi connectivity index (χ2v) is 4.28. The average Bonchev–Trinajstić information content (AvgIpc) is 2.58. The third-order valence-corrected chi connectivity index (χ3v) is 2.55. The molecule has 1 aromatic heterocycles. The van der Waals surface area contributed by atoms with E-state index in [1.165, 1.54) is 5.69 Å². The lowest BCUT2D eigenvalue weighted by Crippen LogP contribution is -2.09. The fraction of sp³-hybridized carbons (Fsp3) is 0.818. The molecule has 0 aliphatic rings. The zero-order valence-electron chi connectivity index (χ0n) is 10.0. The van der Waals surface area contributed by atoms with Crippen molar-refractivity contribution in [3.8, 4) is 0 Å². The molecule has 0 aromatic carbocycles. The first-order valence-electron chi connectivity index (χ1n) is 5.80. The highest BCUT2D eigenvalue weighted by molar-refractivity contribution is 5.10. The molecule has 0 spiro atoms. The minimum Gasteiger partial charge on any atom is -0.330 e. The largest absolute Gasteiger partial charge is 0.330 e. The molecule has 1 rings (SSSR count). The molecule has 0 radical (unpaired) electrons. The van der Waals surface area contributed by atoms with Crippen molar-refractivity contribution in [3.05, 3.63) is 11.4 Å². The van der Waals surface area contributed by atoms with Gasteiger partial charge in [-0.2, -0.15) is 0 Å². The molecule has 2 N–H and O–H groups in total. The van der Waals surface area contributed by atoms with Crippen LogP contribution in [0.5, 0.6) is 0 Å². The van der Waals surface area contributed by atoms with E-state index < -0.39 is 0 Å². The summed E-state index contributed by atoms with van der Waals surface area (Å²) in [7, 11) is 0. The van der Waals surface area contributed by atoms with E-state index in [2.05, 4.69) is 31.1 Å². The van der Waals surface area contributed by atoms with E-state index in [4.69, 9.17) is 5.73 Å². The Labute approximate surface area is 91.9 Å². The van der Waals surface area contributed by atoms with Crippen LogP contribution in [0.15, 0.2) is 0 Å². The minimum absolute atomic E-state index is 0.649. The van der Waals surface area contributed by atoms with Crippen molar-refractivity contribution in [3.63, 3.8) is 0 Å². The number of aromatic nitrogens is 3. The number of aryl methyl sites for hydroxylation is 1. The van der Waals surface area contributed by atoms with Crippen LogP contribution in [0.3, 0.4) is 0 Å². The van der Waals surface area contributed by atoms with Gasteiger partial charge in [-0.05, 0) is 25.3 Å². The Morgan fingerprint density at radius 1 is 1.40 bits per heavy atom. The number of nitrogens with zero attached hydrogens (tertiary/aromatic N) is 3. The maximum Gasteiger partial charge on any atom is 0.0871 e. The quantitative estimate of drug-likeness (QED) is 0.772. The number of hydrogen-bond donors (Lipinski definition) is 1. The fourth-order valence-corrected chi connectivity index (χ4v) is 1.65. The summed E-state index contributed by atoms with van der Waals surface area (Å²) < 4.78 is 2.03. The monoisotopic (exact) mass is 210 g/mol. The second-order valence-electron chi connectivity index (χ2n) is 4.28. The molecular formula is C11H22N4. The summed E-state index contributed by atoms with van der Waals surface area (Å²) in [6.07, 6.45) is 2.98. The molecule has 0 saturated carbocycles. The van der Waals surface area contributed by atoms with Crippen LogP contribution in [0.4, 0.5) is 0 Å². The number of rotatable bonds is 6. The van der Waals surface area contributed by atoms with Gasteiger partial charge in [0.2, 0.25) is 0 Å². The molecule has 4 heteroatoms. The molecule has 0 fully saturated rings. The Morgan fingerprint density at radius 3 is 2.67 bits per heavy atom. The molecule has 0 saturated heterocycles. The third-order valence-electron chi connectivity index (χ3n) is 2.55. The molecule has 0 aliphatic heterocycles. The molecule has 15 heavy (non-hydrogen) atoms. The SMILES string of the molecule is CCc1c(CCN)nnn1CCC(C)C. The fourth-order valence-electron chi connectivity index (χ4n) is 1.65. The van der Waals surface area contributed by atoms with Gasteiger partial charge in [0.1, 0.15) is 0 Å². The van der Waals surface area contributed by atoms with Gasteiger partial charge < -0.3 is 5.73 Å². The van der Waals surface area contributed by atoms with Crippen LogP contribution in [0.25, 0.3) is 0 Å². The van der Waals surface area contributed by atoms with Crippen LogP contribution in [-0.2, 0) is 19.4 Å². The molecule has 0 bridgehead atoms. The van der Waals surface area contributed by atoms with Gasteiger partial charge in [-0.25, -0.2) is 4.68 Å². The van der Waals surface area contributed by atoms with Gasteiger partial charge in [0, 0.05) is 13.0 Å². The Bertz CT molecular complexity index is 291. The van der Waals surface area contributed by atoms with Crippen molar-refractivity contribution in [2.45, 2.75) is 46.6 Å². The highest BCUT2D eigenvalue weighted by Crippen LogP contribution is 2.09. The van der Waals surface area contributed by atoms with Crippen molar-refractivity contribution < 1.29 is 0 Å². The van der Waals surface area contributed by atoms with Crippen LogP contribution in [-0.4, -0.2) is 21.5 Å². The van der Waals surface area contributed by atoms with Crippen molar-refractivity contribution in [2.75, 3.05) is 6.54 Å². The standard InChI is InChI=1S/C11H22N4/c1-4-11-10(5-7-12)13-14-15(11)8-6-9(2)3/h9H,4-8,12H2,1-3H3. The summed E-state index contributed by atoms with van der Waals surface area (Å²) in [6, 6.07) is 0. The highest BCUT2D eigenvalue weighted by atomic mass is 15.4. The molecule has 1 heterocycles. The average molecular weight is 210 g/mol. The predicted octanol–water partition coefficient (Wildman–Crippen LogP) is 1.39. The summed E-state index contributed by atoms with van der Waals surface area (Å²) in [4.78, 5) is 0. The molecule has 0 amide bonds. The van der Waals surface area contributed by atoms with Crippen molar-refractivity contribution >= 4 is 0 Å². The van der Waals surface area contributed by atoms with Crippen molar-refractivity contribution in [2.24, 2.45) is 11.7 Å². The van der Waals surface area contributed by atoms with Gasteiger partial charge in [-0.1, -0.05) is 26.0 Å². The van der Waals surface area contributed by atoms with Gasteiger partial charge in [-0.15, -0.1) is 5.10 Å². The van der Waals surface area contributed by atoms with Crippen LogP contribution in [0, 0.1) is 5.92 Å². The topological polar surface area (TPSA) is 56.7 Å². The first-order chi connectivity index (χ1) is 7.19. The summed E-state index contributed by atoms with van der Waals surface area (Å²) >= 11 is 0. The first-order valence-corrected chi connectivity index (χ1v) is 5.80. The van der Waals surface area contributed by atoms with Crippen LogP contribution in [0.2, 0.25) is 0 Å². The second kappa shape index (κ2) is 5.85. The maximum atomic E-state index is 5.54. The lowest BCUT2D eigenvalue weighted by atomic mass is 10.1. The van der Waals surface area contributed by atoms with Crippen molar-refractivity contribution in [1.82, 2.24) is 15.0 Å². The maximum absolute atomic E-state index is 5.54. The van der Waals surface area contributed by atoms with Crippen LogP contribution in [0.1, 0.15) is 38.6 Å². The Morgan fingerprint density at radius 2 is 2.13 bits per heavy atom. The van der Waals surface area contributed by atoms with Gasteiger partial charge in [0.05, 0.1) is 11.4 Å². The van der Waals surface area contributed by atoms with E-state index in [9.17, 15) is 0 Å². The summed E-state index contributed by atoms with van der Waals surface area (Å²) in [5.41, 5.74) is 7.86. The molecule has 1 aromatic rings. The molecule has 4 nitrogen and oxygen atoms in total. The normalized spacial score (nSPS) is 11.3. The van der Waals surface area contributed by atoms with E-state index >= 15 is 0 Å². The van der Waals surface area contributed by atoms with Crippen LogP contribution >= 0.6 is 0 Å². The zero-order valence-corrected chi connectivity index (χ0v) is 10.0. The Hall–Kier alpha value is -0.900. The van der Waals surface area contributed by atoms with Gasteiger partial charge >= 0.3 is 0 Å². The molecular weight excluding hydrogens is 188 g/mol. The minimum atomic E-state index is 0.649. The van der Waals surface area contributed by atoms with E-state index in [-0.39, 0.29) is 0 Å². The first kappa shape index (κ1) is 12.2. The van der Waals surface area contributed by atoms with Gasteiger partial charge in [0.25, 0.3) is 0 Å². The van der Waals surface area contributed by atoms with E-state index in [1.807, 2.05) is 4.68 Å². The predicted molar refractivity (Wildman–Crippen MR) is 61.6 cm³/mol. The molecule has 0 atom stereocenters. The smallest absolute Gasteiger partial charge is 0.0871 e. The number of hydrogen-bond acceptors (Lipinski definition) is 3. The highest BCUT2D eigenvalue weighted by Gasteiger charge is 2.10. The van der Waals surface area contributed by atoms with E-state index in [0.29, 0.717) is 12.5 Å². The van der Waals surface area contributed by atoms with Gasteiger partial charge in [-0.3, -0.25) is 0 Å². The summed E-state index contributed by atoms with van der Waals surface area (Å²) in [6.45, 7) is 8.21. The zero-order chi connectivity index (χ0) is 11.3. The molecule has 0 unspecified atom stereocenters. The molecule has 86 valence electrons. The van der Waals surface area contributed by atoms with Gasteiger partial charge in [0.15, 0.2) is 0 Å². The number of nitrogens with two attached hydrogens (primary N) is 1. The third kappa shape index (κ3) is 3.30. The lowest BCUT2D eigenvalue weighted by Gasteiger charge is -2.07. The lowest BCUT2D eigenvalue weighted by molar-refractivity contribution is 0.468. The van der Waals surface area contributed by atoms with E-state index in [1.54, 1.807) is 0 Å². The van der Waals surface area contributed by atoms with Crippen LogP contribution < -0.4 is 5.73 Å².